The largest absolute Gasteiger partial charge is 0.411 e. The van der Waals surface area contributed by atoms with Crippen LogP contribution in [-0.4, -0.2) is 32.0 Å². The summed E-state index contributed by atoms with van der Waals surface area (Å²) in [6.45, 7) is 1.66. The van der Waals surface area contributed by atoms with E-state index < -0.39 is 12.8 Å². The van der Waals surface area contributed by atoms with Gasteiger partial charge in [-0.15, -0.1) is 0 Å². The van der Waals surface area contributed by atoms with Crippen LogP contribution in [0.5, 0.6) is 0 Å². The normalized spacial score (nSPS) is 13.5. The minimum Gasteiger partial charge on any atom is -0.370 e. The number of halogens is 3. The van der Waals surface area contributed by atoms with Gasteiger partial charge in [-0.25, -0.2) is 0 Å². The molecule has 19 heavy (non-hydrogen) atoms. The minimum atomic E-state index is -4.26. The Kier molecular flexibility index (Phi) is 6.87. The highest BCUT2D eigenvalue weighted by Crippen LogP contribution is 2.14. The van der Waals surface area contributed by atoms with E-state index in [0.29, 0.717) is 6.42 Å². The molecule has 0 aliphatic carbocycles. The Balaban J connectivity index is 2.42. The van der Waals surface area contributed by atoms with Gasteiger partial charge in [-0.1, -0.05) is 37.3 Å². The Labute approximate surface area is 112 Å². The van der Waals surface area contributed by atoms with Crippen LogP contribution in [0.25, 0.3) is 0 Å². The quantitative estimate of drug-likeness (QED) is 0.787. The molecule has 1 unspecified atom stereocenters. The Morgan fingerprint density at radius 3 is 2.47 bits per heavy atom. The first kappa shape index (κ1) is 16.0. The molecule has 0 fully saturated rings. The number of hydrogen-bond acceptors (Lipinski definition) is 2. The summed E-state index contributed by atoms with van der Waals surface area (Å²) in [5.41, 5.74) is 1.09. The molecule has 0 aromatic heterocycles. The molecule has 0 amide bonds. The topological polar surface area (TPSA) is 21.3 Å². The summed E-state index contributed by atoms with van der Waals surface area (Å²) < 4.78 is 40.9. The third-order valence-electron chi connectivity index (χ3n) is 2.59. The molecule has 0 aliphatic heterocycles. The second-order valence-electron chi connectivity index (χ2n) is 4.47. The summed E-state index contributed by atoms with van der Waals surface area (Å²) in [5, 5.41) is 3.21. The van der Waals surface area contributed by atoms with Gasteiger partial charge in [-0.3, -0.25) is 0 Å². The molecular formula is C14H20F3NO. The maximum absolute atomic E-state index is 12.0. The third kappa shape index (κ3) is 7.85. The zero-order valence-corrected chi connectivity index (χ0v) is 11.0. The van der Waals surface area contributed by atoms with Crippen molar-refractivity contribution < 1.29 is 17.9 Å². The van der Waals surface area contributed by atoms with Crippen LogP contribution < -0.4 is 5.32 Å². The van der Waals surface area contributed by atoms with Gasteiger partial charge in [0.15, 0.2) is 0 Å². The fourth-order valence-electron chi connectivity index (χ4n) is 1.75. The maximum atomic E-state index is 12.0. The molecule has 0 bridgehead atoms. The van der Waals surface area contributed by atoms with Crippen LogP contribution in [0.1, 0.15) is 18.9 Å². The summed E-state index contributed by atoms with van der Waals surface area (Å²) in [7, 11) is 0. The van der Waals surface area contributed by atoms with Crippen LogP contribution in [-0.2, 0) is 11.2 Å². The number of alkyl halides is 3. The fourth-order valence-corrected chi connectivity index (χ4v) is 1.75. The number of hydrogen-bond donors (Lipinski definition) is 1. The molecule has 0 saturated carbocycles. The molecule has 0 heterocycles. The molecular weight excluding hydrogens is 255 g/mol. The summed E-state index contributed by atoms with van der Waals surface area (Å²) in [5.74, 6) is 0. The fraction of sp³-hybridized carbons (Fsp3) is 0.571. The highest BCUT2D eigenvalue weighted by molar-refractivity contribution is 5.15. The van der Waals surface area contributed by atoms with Crippen LogP contribution in [0.4, 0.5) is 13.2 Å². The molecule has 0 aliphatic rings. The Bertz CT molecular complexity index is 340. The lowest BCUT2D eigenvalue weighted by atomic mass is 10.1. The average Bonchev–Trinajstić information content (AvgIpc) is 2.35. The lowest BCUT2D eigenvalue weighted by molar-refractivity contribution is -0.175. The second-order valence-corrected chi connectivity index (χ2v) is 4.47. The van der Waals surface area contributed by atoms with E-state index in [-0.39, 0.29) is 12.6 Å². The lowest BCUT2D eigenvalue weighted by Crippen LogP contribution is -2.37. The monoisotopic (exact) mass is 275 g/mol. The molecule has 2 nitrogen and oxygen atoms in total. The first-order chi connectivity index (χ1) is 9.01. The maximum Gasteiger partial charge on any atom is 0.411 e. The van der Waals surface area contributed by atoms with Crippen LogP contribution in [0.3, 0.4) is 0 Å². The summed E-state index contributed by atoms with van der Waals surface area (Å²) >= 11 is 0. The van der Waals surface area contributed by atoms with E-state index in [1.165, 1.54) is 0 Å². The van der Waals surface area contributed by atoms with Gasteiger partial charge in [-0.05, 0) is 24.9 Å². The smallest absolute Gasteiger partial charge is 0.370 e. The average molecular weight is 275 g/mol. The van der Waals surface area contributed by atoms with E-state index >= 15 is 0 Å². The van der Waals surface area contributed by atoms with Crippen molar-refractivity contribution in [3.63, 3.8) is 0 Å². The standard InChI is InChI=1S/C14H20F3NO/c1-2-8-18-13(10-19-11-14(15,16)17)9-12-6-4-3-5-7-12/h3-7,13,18H,2,8-11H2,1H3. The van der Waals surface area contributed by atoms with Crippen LogP contribution in [0, 0.1) is 0 Å². The van der Waals surface area contributed by atoms with E-state index in [0.717, 1.165) is 18.5 Å². The summed E-state index contributed by atoms with van der Waals surface area (Å²) in [6, 6.07) is 9.59. The number of rotatable bonds is 8. The van der Waals surface area contributed by atoms with Crippen LogP contribution >= 0.6 is 0 Å². The van der Waals surface area contributed by atoms with Crippen molar-refractivity contribution in [3.05, 3.63) is 35.9 Å². The first-order valence-electron chi connectivity index (χ1n) is 6.43. The van der Waals surface area contributed by atoms with Gasteiger partial charge in [0.1, 0.15) is 6.61 Å². The van der Waals surface area contributed by atoms with Crippen molar-refractivity contribution in [2.75, 3.05) is 19.8 Å². The van der Waals surface area contributed by atoms with Gasteiger partial charge in [0.05, 0.1) is 6.61 Å². The molecule has 1 N–H and O–H groups in total. The molecule has 5 heteroatoms. The van der Waals surface area contributed by atoms with Gasteiger partial charge < -0.3 is 10.1 Å². The highest BCUT2D eigenvalue weighted by Gasteiger charge is 2.27. The van der Waals surface area contributed by atoms with Crippen molar-refractivity contribution in [2.45, 2.75) is 32.0 Å². The van der Waals surface area contributed by atoms with E-state index in [1.54, 1.807) is 0 Å². The predicted molar refractivity (Wildman–Crippen MR) is 69.1 cm³/mol. The van der Waals surface area contributed by atoms with Crippen LogP contribution in [0.2, 0.25) is 0 Å². The molecule has 0 spiro atoms. The zero-order valence-electron chi connectivity index (χ0n) is 11.0. The zero-order chi connectivity index (χ0) is 14.1. The van der Waals surface area contributed by atoms with Crippen molar-refractivity contribution >= 4 is 0 Å². The highest BCUT2D eigenvalue weighted by atomic mass is 19.4. The van der Waals surface area contributed by atoms with Crippen molar-refractivity contribution in [1.82, 2.24) is 5.32 Å². The molecule has 108 valence electrons. The number of ether oxygens (including phenoxy) is 1. The SMILES string of the molecule is CCCNC(COCC(F)(F)F)Cc1ccccc1. The van der Waals surface area contributed by atoms with Gasteiger partial charge >= 0.3 is 6.18 Å². The van der Waals surface area contributed by atoms with Crippen molar-refractivity contribution in [2.24, 2.45) is 0 Å². The summed E-state index contributed by atoms with van der Waals surface area (Å²) in [6.07, 6.45) is -2.66. The van der Waals surface area contributed by atoms with Crippen LogP contribution in [0.15, 0.2) is 30.3 Å². The first-order valence-corrected chi connectivity index (χ1v) is 6.43. The van der Waals surface area contributed by atoms with E-state index in [2.05, 4.69) is 5.32 Å². The minimum absolute atomic E-state index is 0.0639. The predicted octanol–water partition coefficient (Wildman–Crippen LogP) is 3.18. The molecule has 0 saturated heterocycles. The Morgan fingerprint density at radius 1 is 1.21 bits per heavy atom. The number of nitrogens with one attached hydrogen (secondary N) is 1. The third-order valence-corrected chi connectivity index (χ3v) is 2.59. The van der Waals surface area contributed by atoms with Gasteiger partial charge in [0, 0.05) is 6.04 Å². The van der Waals surface area contributed by atoms with Gasteiger partial charge in [0.2, 0.25) is 0 Å². The summed E-state index contributed by atoms with van der Waals surface area (Å²) in [4.78, 5) is 0. The Hall–Kier alpha value is -1.07. The van der Waals surface area contributed by atoms with Crippen molar-refractivity contribution in [1.29, 1.82) is 0 Å². The second kappa shape index (κ2) is 8.17. The van der Waals surface area contributed by atoms with Gasteiger partial charge in [0.25, 0.3) is 0 Å². The number of benzene rings is 1. The van der Waals surface area contributed by atoms with E-state index in [4.69, 9.17) is 4.74 Å². The van der Waals surface area contributed by atoms with E-state index in [9.17, 15) is 13.2 Å². The molecule has 1 aromatic rings. The van der Waals surface area contributed by atoms with E-state index in [1.807, 2.05) is 37.3 Å². The lowest BCUT2D eigenvalue weighted by Gasteiger charge is -2.19. The van der Waals surface area contributed by atoms with Gasteiger partial charge in [-0.2, -0.15) is 13.2 Å². The molecule has 1 rings (SSSR count). The molecule has 1 aromatic carbocycles. The molecule has 1 atom stereocenters. The Morgan fingerprint density at radius 2 is 1.89 bits per heavy atom. The molecule has 0 radical (unpaired) electrons. The van der Waals surface area contributed by atoms with Crippen molar-refractivity contribution in [3.8, 4) is 0 Å².